The van der Waals surface area contributed by atoms with Crippen molar-refractivity contribution in [2.45, 2.75) is 46.6 Å². The van der Waals surface area contributed by atoms with Crippen molar-refractivity contribution in [3.8, 4) is 0 Å². The Kier molecular flexibility index (Phi) is 9.94. The highest BCUT2D eigenvalue weighted by Crippen LogP contribution is 2.18. The Hall–Kier alpha value is -1.80. The van der Waals surface area contributed by atoms with Crippen molar-refractivity contribution < 1.29 is 19.1 Å². The predicted octanol–water partition coefficient (Wildman–Crippen LogP) is 1.21. The van der Waals surface area contributed by atoms with Crippen LogP contribution in [0.15, 0.2) is 12.4 Å². The molecule has 0 atom stereocenters. The third-order valence-corrected chi connectivity index (χ3v) is 3.52. The van der Waals surface area contributed by atoms with E-state index in [0.717, 1.165) is 0 Å². The molecule has 0 aromatic carbocycles. The number of ketones is 1. The Labute approximate surface area is 149 Å². The molecule has 0 spiro atoms. The Morgan fingerprint density at radius 2 is 1.80 bits per heavy atom. The third-order valence-electron chi connectivity index (χ3n) is 3.52. The molecule has 0 saturated heterocycles. The lowest BCUT2D eigenvalue weighted by Crippen LogP contribution is -2.28. The second-order valence-electron chi connectivity index (χ2n) is 6.77. The normalized spacial score (nSPS) is 11.5. The van der Waals surface area contributed by atoms with Crippen LogP contribution in [-0.2, 0) is 25.6 Å². The maximum absolute atomic E-state index is 11.7. The Morgan fingerprint density at radius 1 is 1.08 bits per heavy atom. The molecule has 1 amide bonds. The average molecular weight is 354 g/mol. The molecule has 0 aliphatic rings. The lowest BCUT2D eigenvalue weighted by Gasteiger charge is -2.16. The van der Waals surface area contributed by atoms with Crippen LogP contribution in [0.4, 0.5) is 0 Å². The van der Waals surface area contributed by atoms with Gasteiger partial charge in [0.25, 0.3) is 0 Å². The summed E-state index contributed by atoms with van der Waals surface area (Å²) in [4.78, 5) is 23.4. The first-order valence-electron chi connectivity index (χ1n) is 8.69. The summed E-state index contributed by atoms with van der Waals surface area (Å²) < 4.78 is 12.5. The standard InChI is InChI=1S/C17H30N4O4/c1-17(2,3)15(22)5-4-6-16(23)18-8-11-24-13-14-25-12-10-21-9-7-19-20-21/h7,9H,4-6,8,10-14H2,1-3H3,(H,18,23). The highest BCUT2D eigenvalue weighted by Gasteiger charge is 2.20. The number of Topliss-reactive ketones (excluding diaryl/α,β-unsaturated/α-hetero) is 1. The number of rotatable bonds is 13. The lowest BCUT2D eigenvalue weighted by atomic mass is 9.88. The highest BCUT2D eigenvalue weighted by atomic mass is 16.5. The molecular formula is C17H30N4O4. The second kappa shape index (κ2) is 11.7. The lowest BCUT2D eigenvalue weighted by molar-refractivity contribution is -0.126. The minimum atomic E-state index is -0.332. The topological polar surface area (TPSA) is 95.3 Å². The molecule has 0 saturated carbocycles. The fraction of sp³-hybridized carbons (Fsp3) is 0.765. The van der Waals surface area contributed by atoms with Gasteiger partial charge in [-0.1, -0.05) is 26.0 Å². The molecule has 0 aliphatic carbocycles. The molecule has 0 aliphatic heterocycles. The largest absolute Gasteiger partial charge is 0.377 e. The molecule has 8 heteroatoms. The second-order valence-corrected chi connectivity index (χ2v) is 6.77. The molecule has 142 valence electrons. The first kappa shape index (κ1) is 21.2. The number of ether oxygens (including phenoxy) is 2. The van der Waals surface area contributed by atoms with Crippen molar-refractivity contribution in [2.24, 2.45) is 5.41 Å². The summed E-state index contributed by atoms with van der Waals surface area (Å²) in [7, 11) is 0. The first-order chi connectivity index (χ1) is 11.9. The number of nitrogens with one attached hydrogen (secondary N) is 1. The predicted molar refractivity (Wildman–Crippen MR) is 93.0 cm³/mol. The first-order valence-corrected chi connectivity index (χ1v) is 8.69. The molecular weight excluding hydrogens is 324 g/mol. The van der Waals surface area contributed by atoms with Crippen LogP contribution in [-0.4, -0.2) is 59.7 Å². The Bertz CT molecular complexity index is 497. The van der Waals surface area contributed by atoms with Crippen LogP contribution >= 0.6 is 0 Å². The number of hydrogen-bond acceptors (Lipinski definition) is 6. The smallest absolute Gasteiger partial charge is 0.220 e. The molecule has 1 aromatic heterocycles. The van der Waals surface area contributed by atoms with E-state index in [0.29, 0.717) is 58.8 Å². The van der Waals surface area contributed by atoms with E-state index in [-0.39, 0.29) is 17.1 Å². The minimum absolute atomic E-state index is 0.0469. The SMILES string of the molecule is CC(C)(C)C(=O)CCCC(=O)NCCOCCOCCn1ccnn1. The zero-order valence-electron chi connectivity index (χ0n) is 15.5. The van der Waals surface area contributed by atoms with E-state index in [1.165, 1.54) is 0 Å². The zero-order valence-corrected chi connectivity index (χ0v) is 15.5. The van der Waals surface area contributed by atoms with Gasteiger partial charge >= 0.3 is 0 Å². The summed E-state index contributed by atoms with van der Waals surface area (Å²) in [5, 5.41) is 10.3. The van der Waals surface area contributed by atoms with Crippen LogP contribution in [0.25, 0.3) is 0 Å². The van der Waals surface area contributed by atoms with Gasteiger partial charge in [-0.2, -0.15) is 0 Å². The van der Waals surface area contributed by atoms with Crippen molar-refractivity contribution in [3.63, 3.8) is 0 Å². The molecule has 0 fully saturated rings. The summed E-state index contributed by atoms with van der Waals surface area (Å²) in [6.07, 6.45) is 4.80. The van der Waals surface area contributed by atoms with Crippen LogP contribution in [0.5, 0.6) is 0 Å². The number of aromatic nitrogens is 3. The van der Waals surface area contributed by atoms with Crippen LogP contribution in [0.1, 0.15) is 40.0 Å². The van der Waals surface area contributed by atoms with E-state index in [9.17, 15) is 9.59 Å². The van der Waals surface area contributed by atoms with Gasteiger partial charge < -0.3 is 14.8 Å². The summed E-state index contributed by atoms with van der Waals surface area (Å²) in [5.41, 5.74) is -0.332. The number of carbonyl (C=O) groups is 2. The molecule has 0 unspecified atom stereocenters. The molecule has 1 N–H and O–H groups in total. The summed E-state index contributed by atoms with van der Waals surface area (Å²) in [6.45, 7) is 8.78. The average Bonchev–Trinajstić information content (AvgIpc) is 3.05. The van der Waals surface area contributed by atoms with E-state index >= 15 is 0 Å². The van der Waals surface area contributed by atoms with Gasteiger partial charge in [-0.15, -0.1) is 5.10 Å². The van der Waals surface area contributed by atoms with Gasteiger partial charge in [0.05, 0.1) is 39.2 Å². The number of hydrogen-bond donors (Lipinski definition) is 1. The van der Waals surface area contributed by atoms with Crippen molar-refractivity contribution in [2.75, 3.05) is 33.0 Å². The molecule has 8 nitrogen and oxygen atoms in total. The number of amides is 1. The maximum atomic E-state index is 11.7. The van der Waals surface area contributed by atoms with Gasteiger partial charge in [-0.25, -0.2) is 0 Å². The molecule has 1 heterocycles. The van der Waals surface area contributed by atoms with Gasteiger partial charge in [0.15, 0.2) is 0 Å². The molecule has 0 bridgehead atoms. The van der Waals surface area contributed by atoms with E-state index in [1.54, 1.807) is 17.1 Å². The van der Waals surface area contributed by atoms with Crippen molar-refractivity contribution in [3.05, 3.63) is 12.4 Å². The van der Waals surface area contributed by atoms with Gasteiger partial charge in [0.1, 0.15) is 5.78 Å². The summed E-state index contributed by atoms with van der Waals surface area (Å²) in [6, 6.07) is 0. The number of nitrogens with zero attached hydrogens (tertiary/aromatic N) is 3. The Balaban J connectivity index is 1.87. The van der Waals surface area contributed by atoms with Crippen molar-refractivity contribution in [1.29, 1.82) is 0 Å². The number of carbonyl (C=O) groups excluding carboxylic acids is 2. The molecule has 25 heavy (non-hydrogen) atoms. The van der Waals surface area contributed by atoms with Crippen LogP contribution < -0.4 is 5.32 Å². The van der Waals surface area contributed by atoms with E-state index < -0.39 is 0 Å². The fourth-order valence-electron chi connectivity index (χ4n) is 1.97. The fourth-order valence-corrected chi connectivity index (χ4v) is 1.97. The summed E-state index contributed by atoms with van der Waals surface area (Å²) in [5.74, 6) is 0.141. The van der Waals surface area contributed by atoms with Crippen LogP contribution in [0, 0.1) is 5.41 Å². The van der Waals surface area contributed by atoms with E-state index in [1.807, 2.05) is 20.8 Å². The third kappa shape index (κ3) is 10.6. The highest BCUT2D eigenvalue weighted by molar-refractivity contribution is 5.84. The van der Waals surface area contributed by atoms with E-state index in [2.05, 4.69) is 15.6 Å². The molecule has 1 aromatic rings. The van der Waals surface area contributed by atoms with Crippen LogP contribution in [0.3, 0.4) is 0 Å². The quantitative estimate of drug-likeness (QED) is 0.535. The minimum Gasteiger partial charge on any atom is -0.377 e. The monoisotopic (exact) mass is 354 g/mol. The van der Waals surface area contributed by atoms with Gasteiger partial charge in [0, 0.05) is 31.0 Å². The van der Waals surface area contributed by atoms with Gasteiger partial charge in [0.2, 0.25) is 5.91 Å². The van der Waals surface area contributed by atoms with Crippen molar-refractivity contribution >= 4 is 11.7 Å². The Morgan fingerprint density at radius 3 is 2.44 bits per heavy atom. The molecule has 1 rings (SSSR count). The van der Waals surface area contributed by atoms with Gasteiger partial charge in [-0.05, 0) is 6.42 Å². The van der Waals surface area contributed by atoms with Crippen LogP contribution in [0.2, 0.25) is 0 Å². The maximum Gasteiger partial charge on any atom is 0.220 e. The zero-order chi connectivity index (χ0) is 18.5. The van der Waals surface area contributed by atoms with E-state index in [4.69, 9.17) is 9.47 Å². The summed E-state index contributed by atoms with van der Waals surface area (Å²) >= 11 is 0. The molecule has 0 radical (unpaired) electrons. The van der Waals surface area contributed by atoms with Crippen molar-refractivity contribution in [1.82, 2.24) is 20.3 Å². The van der Waals surface area contributed by atoms with Gasteiger partial charge in [-0.3, -0.25) is 14.3 Å².